The number of nitrogens with one attached hydrogen (secondary N) is 2. The van der Waals surface area contributed by atoms with Crippen molar-refractivity contribution in [1.29, 1.82) is 5.26 Å². The molecule has 1 aliphatic rings. The Labute approximate surface area is 127 Å². The molecule has 0 aliphatic carbocycles. The smallest absolute Gasteiger partial charge is 0.291 e. The molecule has 0 radical (unpaired) electrons. The lowest BCUT2D eigenvalue weighted by molar-refractivity contribution is 0.101. The van der Waals surface area contributed by atoms with E-state index in [-0.39, 0.29) is 11.5 Å². The number of hydrogen-bond donors (Lipinski definition) is 2. The van der Waals surface area contributed by atoms with Crippen LogP contribution in [0.15, 0.2) is 18.5 Å². The van der Waals surface area contributed by atoms with E-state index in [0.29, 0.717) is 11.5 Å². The minimum atomic E-state index is -0.409. The number of carbonyl (C=O) groups excluding carboxylic acids is 1. The van der Waals surface area contributed by atoms with Crippen molar-refractivity contribution in [2.45, 2.75) is 19.3 Å². The highest BCUT2D eigenvalue weighted by atomic mass is 16.2. The Hall–Kier alpha value is -2.95. The quantitative estimate of drug-likeness (QED) is 0.883. The van der Waals surface area contributed by atoms with E-state index in [9.17, 15) is 4.79 Å². The van der Waals surface area contributed by atoms with E-state index in [1.807, 2.05) is 6.07 Å². The summed E-state index contributed by atoms with van der Waals surface area (Å²) in [4.78, 5) is 20.9. The van der Waals surface area contributed by atoms with Crippen LogP contribution in [-0.2, 0) is 0 Å². The van der Waals surface area contributed by atoms with Gasteiger partial charge in [0, 0.05) is 13.1 Å². The predicted octanol–water partition coefficient (Wildman–Crippen LogP) is 1.31. The number of imidazole rings is 1. The first kappa shape index (κ1) is 14.0. The molecule has 2 N–H and O–H groups in total. The van der Waals surface area contributed by atoms with E-state index >= 15 is 0 Å². The zero-order valence-corrected chi connectivity index (χ0v) is 11.9. The molecule has 1 fully saturated rings. The molecular formula is C14H15N7O. The van der Waals surface area contributed by atoms with Gasteiger partial charge < -0.3 is 15.2 Å². The summed E-state index contributed by atoms with van der Waals surface area (Å²) in [5.41, 5.74) is 0.839. The third-order valence-corrected chi connectivity index (χ3v) is 3.52. The van der Waals surface area contributed by atoms with Crippen LogP contribution in [0.25, 0.3) is 0 Å². The Kier molecular flexibility index (Phi) is 3.96. The number of carbonyl (C=O) groups is 1. The van der Waals surface area contributed by atoms with Gasteiger partial charge in [0.05, 0.1) is 18.1 Å². The molecule has 0 bridgehead atoms. The Bertz CT molecular complexity index is 712. The van der Waals surface area contributed by atoms with Crippen LogP contribution < -0.4 is 10.2 Å². The Balaban J connectivity index is 1.80. The summed E-state index contributed by atoms with van der Waals surface area (Å²) in [6, 6.07) is 3.61. The number of aromatic nitrogens is 4. The molecule has 3 heterocycles. The van der Waals surface area contributed by atoms with Gasteiger partial charge in [-0.2, -0.15) is 10.4 Å². The van der Waals surface area contributed by atoms with Crippen LogP contribution in [0.5, 0.6) is 0 Å². The second-order valence-electron chi connectivity index (χ2n) is 5.03. The predicted molar refractivity (Wildman–Crippen MR) is 79.4 cm³/mol. The van der Waals surface area contributed by atoms with Crippen molar-refractivity contribution in [2.75, 3.05) is 23.3 Å². The number of amides is 1. The summed E-state index contributed by atoms with van der Waals surface area (Å²) in [7, 11) is 0. The van der Waals surface area contributed by atoms with Crippen LogP contribution in [0, 0.1) is 11.3 Å². The Morgan fingerprint density at radius 2 is 2.18 bits per heavy atom. The highest BCUT2D eigenvalue weighted by Gasteiger charge is 2.19. The Morgan fingerprint density at radius 1 is 1.36 bits per heavy atom. The third kappa shape index (κ3) is 2.88. The van der Waals surface area contributed by atoms with Crippen molar-refractivity contribution in [2.24, 2.45) is 0 Å². The van der Waals surface area contributed by atoms with Crippen molar-refractivity contribution in [3.63, 3.8) is 0 Å². The fourth-order valence-corrected chi connectivity index (χ4v) is 2.44. The van der Waals surface area contributed by atoms with Gasteiger partial charge in [-0.1, -0.05) is 0 Å². The highest BCUT2D eigenvalue weighted by molar-refractivity contribution is 6.03. The number of nitrogens with zero attached hydrogens (tertiary/aromatic N) is 5. The normalized spacial score (nSPS) is 14.4. The van der Waals surface area contributed by atoms with Gasteiger partial charge in [0.25, 0.3) is 5.91 Å². The largest absolute Gasteiger partial charge is 0.353 e. The second-order valence-corrected chi connectivity index (χ2v) is 5.03. The average Bonchev–Trinajstić information content (AvgIpc) is 3.05. The number of anilines is 2. The van der Waals surface area contributed by atoms with Gasteiger partial charge in [0.2, 0.25) is 0 Å². The average molecular weight is 297 g/mol. The molecule has 0 spiro atoms. The molecule has 0 atom stereocenters. The minimum absolute atomic E-state index is 0.0953. The van der Waals surface area contributed by atoms with E-state index in [2.05, 4.69) is 30.4 Å². The summed E-state index contributed by atoms with van der Waals surface area (Å²) in [6.07, 6.45) is 6.28. The molecular weight excluding hydrogens is 282 g/mol. The zero-order valence-electron chi connectivity index (χ0n) is 11.9. The lowest BCUT2D eigenvalue weighted by atomic mass is 10.1. The van der Waals surface area contributed by atoms with Gasteiger partial charge in [-0.15, -0.1) is 5.10 Å². The molecule has 112 valence electrons. The zero-order chi connectivity index (χ0) is 15.4. The SMILES string of the molecule is N#Cc1cnc(C(=O)Nc2ccnnc2N2CCCCC2)[nH]1. The monoisotopic (exact) mass is 297 g/mol. The summed E-state index contributed by atoms with van der Waals surface area (Å²) < 4.78 is 0. The molecule has 0 saturated carbocycles. The van der Waals surface area contributed by atoms with Crippen molar-refractivity contribution in [3.05, 3.63) is 30.0 Å². The van der Waals surface area contributed by atoms with Crippen molar-refractivity contribution >= 4 is 17.4 Å². The van der Waals surface area contributed by atoms with Crippen LogP contribution in [0.3, 0.4) is 0 Å². The summed E-state index contributed by atoms with van der Waals surface area (Å²) in [6.45, 7) is 1.81. The van der Waals surface area contributed by atoms with Crippen LogP contribution in [-0.4, -0.2) is 39.2 Å². The molecule has 8 nitrogen and oxygen atoms in total. The topological polar surface area (TPSA) is 111 Å². The van der Waals surface area contributed by atoms with Crippen molar-refractivity contribution in [3.8, 4) is 6.07 Å². The molecule has 8 heteroatoms. The summed E-state index contributed by atoms with van der Waals surface area (Å²) >= 11 is 0. The van der Waals surface area contributed by atoms with Crippen LogP contribution >= 0.6 is 0 Å². The molecule has 0 unspecified atom stereocenters. The van der Waals surface area contributed by atoms with Crippen LogP contribution in [0.4, 0.5) is 11.5 Å². The first-order valence-corrected chi connectivity index (χ1v) is 7.11. The van der Waals surface area contributed by atoms with Crippen LogP contribution in [0.1, 0.15) is 35.6 Å². The van der Waals surface area contributed by atoms with Crippen molar-refractivity contribution in [1.82, 2.24) is 20.2 Å². The van der Waals surface area contributed by atoms with E-state index in [0.717, 1.165) is 25.9 Å². The maximum Gasteiger partial charge on any atom is 0.291 e. The Morgan fingerprint density at radius 3 is 2.91 bits per heavy atom. The number of piperidine rings is 1. The first-order valence-electron chi connectivity index (χ1n) is 7.11. The highest BCUT2D eigenvalue weighted by Crippen LogP contribution is 2.25. The van der Waals surface area contributed by atoms with E-state index in [4.69, 9.17) is 5.26 Å². The number of aromatic amines is 1. The maximum atomic E-state index is 12.2. The van der Waals surface area contributed by atoms with Gasteiger partial charge >= 0.3 is 0 Å². The maximum absolute atomic E-state index is 12.2. The lowest BCUT2D eigenvalue weighted by Gasteiger charge is -2.28. The summed E-state index contributed by atoms with van der Waals surface area (Å²) in [5.74, 6) is 0.355. The van der Waals surface area contributed by atoms with Gasteiger partial charge in [0.15, 0.2) is 11.6 Å². The van der Waals surface area contributed by atoms with Gasteiger partial charge in [-0.25, -0.2) is 4.98 Å². The number of H-pyrrole nitrogens is 1. The fraction of sp³-hybridized carbons (Fsp3) is 0.357. The molecule has 1 aliphatic heterocycles. The molecule has 22 heavy (non-hydrogen) atoms. The molecule has 1 saturated heterocycles. The lowest BCUT2D eigenvalue weighted by Crippen LogP contribution is -2.31. The van der Waals surface area contributed by atoms with Gasteiger partial charge in [0.1, 0.15) is 11.8 Å². The number of hydrogen-bond acceptors (Lipinski definition) is 6. The third-order valence-electron chi connectivity index (χ3n) is 3.52. The van der Waals surface area contributed by atoms with Gasteiger partial charge in [-0.3, -0.25) is 4.79 Å². The number of nitriles is 1. The second kappa shape index (κ2) is 6.22. The fourth-order valence-electron chi connectivity index (χ4n) is 2.44. The van der Waals surface area contributed by atoms with E-state index < -0.39 is 5.91 Å². The van der Waals surface area contributed by atoms with Crippen LogP contribution in [0.2, 0.25) is 0 Å². The first-order chi connectivity index (χ1) is 10.8. The van der Waals surface area contributed by atoms with E-state index in [1.54, 1.807) is 6.07 Å². The molecule has 2 aromatic rings. The molecule has 2 aromatic heterocycles. The summed E-state index contributed by atoms with van der Waals surface area (Å²) in [5, 5.41) is 19.6. The number of rotatable bonds is 3. The van der Waals surface area contributed by atoms with Crippen molar-refractivity contribution < 1.29 is 4.79 Å². The molecule has 0 aromatic carbocycles. The standard InChI is InChI=1S/C14H15N7O/c15-8-10-9-16-12(18-10)14(22)19-11-4-5-17-20-13(11)21-6-2-1-3-7-21/h4-5,9H,1-3,6-7H2,(H,16,18)(H,17,19,22). The minimum Gasteiger partial charge on any atom is -0.353 e. The molecule has 3 rings (SSSR count). The van der Waals surface area contributed by atoms with Gasteiger partial charge in [-0.05, 0) is 25.3 Å². The molecule has 1 amide bonds. The van der Waals surface area contributed by atoms with E-state index in [1.165, 1.54) is 18.8 Å².